The van der Waals surface area contributed by atoms with Gasteiger partial charge in [0.2, 0.25) is 0 Å². The third-order valence-corrected chi connectivity index (χ3v) is 5.39. The summed E-state index contributed by atoms with van der Waals surface area (Å²) in [6.07, 6.45) is 6.41. The van der Waals surface area contributed by atoms with Crippen LogP contribution < -0.4 is 10.6 Å². The Hall–Kier alpha value is -1.59. The van der Waals surface area contributed by atoms with E-state index < -0.39 is 5.60 Å². The maximum Gasteiger partial charge on any atom is 0.191 e. The Bertz CT molecular complexity index is 559. The summed E-state index contributed by atoms with van der Waals surface area (Å²) in [6, 6.07) is 10.5. The quantitative estimate of drug-likeness (QED) is 0.353. The molecule has 0 spiro atoms. The molecule has 0 radical (unpaired) electrons. The average Bonchev–Trinajstić information content (AvgIpc) is 2.68. The van der Waals surface area contributed by atoms with Crippen LogP contribution in [0.1, 0.15) is 58.4 Å². The summed E-state index contributed by atoms with van der Waals surface area (Å²) < 4.78 is 0. The van der Waals surface area contributed by atoms with Gasteiger partial charge in [0.1, 0.15) is 5.60 Å². The fourth-order valence-electron chi connectivity index (χ4n) is 3.60. The topological polar surface area (TPSA) is 59.9 Å². The van der Waals surface area contributed by atoms with Crippen molar-refractivity contribution in [3.63, 3.8) is 0 Å². The zero-order chi connectivity index (χ0) is 19.5. The van der Waals surface area contributed by atoms with Crippen LogP contribution in [0.2, 0.25) is 0 Å². The van der Waals surface area contributed by atoms with Crippen molar-refractivity contribution in [1.82, 2.24) is 15.5 Å². The van der Waals surface area contributed by atoms with Gasteiger partial charge in [-0.05, 0) is 65.1 Å². The number of aliphatic hydroxyl groups is 1. The number of hydrogen-bond donors (Lipinski definition) is 3. The lowest BCUT2D eigenvalue weighted by molar-refractivity contribution is 0.0672. The lowest BCUT2D eigenvalue weighted by Gasteiger charge is -2.33. The highest BCUT2D eigenvalue weighted by molar-refractivity contribution is 5.79. The van der Waals surface area contributed by atoms with Crippen molar-refractivity contribution in [3.8, 4) is 0 Å². The molecule has 1 fully saturated rings. The first-order chi connectivity index (χ1) is 13.0. The van der Waals surface area contributed by atoms with Gasteiger partial charge in [-0.3, -0.25) is 0 Å². The highest BCUT2D eigenvalue weighted by Gasteiger charge is 2.22. The first-order valence-electron chi connectivity index (χ1n) is 10.6. The van der Waals surface area contributed by atoms with E-state index >= 15 is 0 Å². The lowest BCUT2D eigenvalue weighted by atomic mass is 9.96. The predicted molar refractivity (Wildman–Crippen MR) is 114 cm³/mol. The standard InChI is InChI=1S/C22H38N4O/c1-4-23-21(25-18-22(3,27)20-13-6-5-7-14-20)24-15-9-11-17-26-16-10-8-12-19(26)2/h5-7,13-14,19,27H,4,8-12,15-18H2,1-3H3,(H2,23,24,25). The van der Waals surface area contributed by atoms with E-state index in [1.54, 1.807) is 0 Å². The maximum atomic E-state index is 10.7. The van der Waals surface area contributed by atoms with E-state index in [1.165, 1.54) is 38.8 Å². The van der Waals surface area contributed by atoms with Crippen LogP contribution in [0, 0.1) is 0 Å². The van der Waals surface area contributed by atoms with Crippen molar-refractivity contribution < 1.29 is 5.11 Å². The molecule has 1 aromatic rings. The van der Waals surface area contributed by atoms with Crippen LogP contribution in [0.4, 0.5) is 0 Å². The van der Waals surface area contributed by atoms with E-state index in [4.69, 9.17) is 0 Å². The number of nitrogens with zero attached hydrogens (tertiary/aromatic N) is 2. The molecular formula is C22H38N4O. The maximum absolute atomic E-state index is 10.7. The van der Waals surface area contributed by atoms with Crippen LogP contribution >= 0.6 is 0 Å². The third kappa shape index (κ3) is 7.51. The molecule has 0 amide bonds. The van der Waals surface area contributed by atoms with Crippen molar-refractivity contribution in [1.29, 1.82) is 0 Å². The summed E-state index contributed by atoms with van der Waals surface area (Å²) in [7, 11) is 0. The number of hydrogen-bond acceptors (Lipinski definition) is 3. The van der Waals surface area contributed by atoms with Crippen molar-refractivity contribution in [3.05, 3.63) is 35.9 Å². The summed E-state index contributed by atoms with van der Waals surface area (Å²) in [6.45, 7) is 10.7. The van der Waals surface area contributed by atoms with Gasteiger partial charge in [0.25, 0.3) is 0 Å². The SMILES string of the molecule is CCNC(=NCC(C)(O)c1ccccc1)NCCCCN1CCCCC1C. The molecule has 0 saturated carbocycles. The summed E-state index contributed by atoms with van der Waals surface area (Å²) in [5.74, 6) is 0.778. The molecule has 1 saturated heterocycles. The number of rotatable bonds is 9. The molecule has 5 nitrogen and oxygen atoms in total. The summed E-state index contributed by atoms with van der Waals surface area (Å²) >= 11 is 0. The third-order valence-electron chi connectivity index (χ3n) is 5.39. The van der Waals surface area contributed by atoms with Gasteiger partial charge in [-0.1, -0.05) is 36.8 Å². The van der Waals surface area contributed by atoms with Gasteiger partial charge >= 0.3 is 0 Å². The Morgan fingerprint density at radius 2 is 2.00 bits per heavy atom. The minimum Gasteiger partial charge on any atom is -0.384 e. The fourth-order valence-corrected chi connectivity index (χ4v) is 3.60. The fraction of sp³-hybridized carbons (Fsp3) is 0.682. The lowest BCUT2D eigenvalue weighted by Crippen LogP contribution is -2.40. The van der Waals surface area contributed by atoms with Gasteiger partial charge in [0.05, 0.1) is 6.54 Å². The van der Waals surface area contributed by atoms with Crippen molar-refractivity contribution >= 4 is 5.96 Å². The van der Waals surface area contributed by atoms with Crippen molar-refractivity contribution in [2.24, 2.45) is 4.99 Å². The Morgan fingerprint density at radius 3 is 2.70 bits per heavy atom. The van der Waals surface area contributed by atoms with Crippen LogP contribution in [0.15, 0.2) is 35.3 Å². The molecule has 5 heteroatoms. The highest BCUT2D eigenvalue weighted by Crippen LogP contribution is 2.20. The second-order valence-electron chi connectivity index (χ2n) is 7.85. The van der Waals surface area contributed by atoms with E-state index in [0.717, 1.165) is 37.1 Å². The van der Waals surface area contributed by atoms with Gasteiger partial charge in [-0.15, -0.1) is 0 Å². The minimum atomic E-state index is -0.964. The molecule has 3 N–H and O–H groups in total. The molecule has 1 aromatic carbocycles. The Labute approximate surface area is 165 Å². The van der Waals surface area contributed by atoms with Crippen LogP contribution in [0.5, 0.6) is 0 Å². The van der Waals surface area contributed by atoms with Crippen LogP contribution in [0.25, 0.3) is 0 Å². The number of guanidine groups is 1. The normalized spacial score (nSPS) is 20.9. The van der Waals surface area contributed by atoms with E-state index in [2.05, 4.69) is 34.4 Å². The van der Waals surface area contributed by atoms with Crippen LogP contribution in [0.3, 0.4) is 0 Å². The Morgan fingerprint density at radius 1 is 1.22 bits per heavy atom. The Balaban J connectivity index is 1.74. The first kappa shape index (κ1) is 21.7. The molecular weight excluding hydrogens is 336 g/mol. The van der Waals surface area contributed by atoms with Gasteiger partial charge in [-0.25, -0.2) is 4.99 Å². The molecule has 27 heavy (non-hydrogen) atoms. The molecule has 2 rings (SSSR count). The van der Waals surface area contributed by atoms with Crippen LogP contribution in [-0.4, -0.2) is 54.7 Å². The number of benzene rings is 1. The van der Waals surface area contributed by atoms with Gasteiger partial charge < -0.3 is 20.6 Å². The summed E-state index contributed by atoms with van der Waals surface area (Å²) in [5, 5.41) is 17.4. The summed E-state index contributed by atoms with van der Waals surface area (Å²) in [5.41, 5.74) is -0.0752. The van der Waals surface area contributed by atoms with Crippen LogP contribution in [-0.2, 0) is 5.60 Å². The Kier molecular flexibility index (Phi) is 9.08. The predicted octanol–water partition coefficient (Wildman–Crippen LogP) is 3.10. The molecule has 2 atom stereocenters. The smallest absolute Gasteiger partial charge is 0.191 e. The van der Waals surface area contributed by atoms with Crippen molar-refractivity contribution in [2.75, 3.05) is 32.7 Å². The molecule has 1 heterocycles. The monoisotopic (exact) mass is 374 g/mol. The number of nitrogens with one attached hydrogen (secondary N) is 2. The molecule has 152 valence electrons. The zero-order valence-electron chi connectivity index (χ0n) is 17.4. The van der Waals surface area contributed by atoms with E-state index in [0.29, 0.717) is 6.54 Å². The van der Waals surface area contributed by atoms with Gasteiger partial charge in [0.15, 0.2) is 5.96 Å². The molecule has 0 aromatic heterocycles. The zero-order valence-corrected chi connectivity index (χ0v) is 17.4. The van der Waals surface area contributed by atoms with E-state index in [1.807, 2.05) is 37.3 Å². The van der Waals surface area contributed by atoms with Gasteiger partial charge in [-0.2, -0.15) is 0 Å². The minimum absolute atomic E-state index is 0.331. The second kappa shape index (κ2) is 11.3. The molecule has 0 aliphatic carbocycles. The molecule has 1 aliphatic rings. The number of piperidine rings is 1. The van der Waals surface area contributed by atoms with E-state index in [9.17, 15) is 5.11 Å². The summed E-state index contributed by atoms with van der Waals surface area (Å²) in [4.78, 5) is 7.22. The second-order valence-corrected chi connectivity index (χ2v) is 7.85. The highest BCUT2D eigenvalue weighted by atomic mass is 16.3. The number of aliphatic imine (C=N–C) groups is 1. The van der Waals surface area contributed by atoms with E-state index in [-0.39, 0.29) is 0 Å². The van der Waals surface area contributed by atoms with Crippen molar-refractivity contribution in [2.45, 2.75) is 64.5 Å². The largest absolute Gasteiger partial charge is 0.384 e. The number of unbranched alkanes of at least 4 members (excludes halogenated alkanes) is 1. The number of likely N-dealkylation sites (tertiary alicyclic amines) is 1. The molecule has 1 aliphatic heterocycles. The average molecular weight is 375 g/mol. The molecule has 2 unspecified atom stereocenters. The van der Waals surface area contributed by atoms with Gasteiger partial charge in [0, 0.05) is 19.1 Å². The first-order valence-corrected chi connectivity index (χ1v) is 10.6. The molecule has 0 bridgehead atoms.